The fraction of sp³-hybridized carbons (Fsp3) is 0.714. The highest BCUT2D eigenvalue weighted by molar-refractivity contribution is 7.71. The maximum absolute atomic E-state index is 5.24. The predicted octanol–water partition coefficient (Wildman–Crippen LogP) is 4.39. The number of nitrogens with zero attached hydrogens (tertiary/aromatic N) is 1. The first-order valence-electron chi connectivity index (χ1n) is 6.60. The largest absolute Gasteiger partial charge is 0.347 e. The average Bonchev–Trinajstić information content (AvgIpc) is 2.28. The molecule has 1 aliphatic rings. The number of aromatic nitrogens is 2. The second-order valence-corrected chi connectivity index (χ2v) is 6.34. The van der Waals surface area contributed by atoms with Gasteiger partial charge in [-0.25, -0.2) is 4.98 Å². The molecule has 1 saturated carbocycles. The van der Waals surface area contributed by atoms with Gasteiger partial charge in [0.15, 0.2) is 0 Å². The van der Waals surface area contributed by atoms with Crippen LogP contribution in [0.1, 0.15) is 63.9 Å². The summed E-state index contributed by atoms with van der Waals surface area (Å²) >= 11 is 5.24. The van der Waals surface area contributed by atoms with Crippen molar-refractivity contribution in [1.29, 1.82) is 0 Å². The Morgan fingerprint density at radius 2 is 2.06 bits per heavy atom. The molecule has 1 fully saturated rings. The maximum atomic E-state index is 5.24. The number of hydrogen-bond donors (Lipinski definition) is 1. The van der Waals surface area contributed by atoms with Crippen molar-refractivity contribution < 1.29 is 0 Å². The molecular weight excluding hydrogens is 228 g/mol. The van der Waals surface area contributed by atoms with Crippen LogP contribution in [0.15, 0.2) is 6.07 Å². The molecule has 2 rings (SSSR count). The van der Waals surface area contributed by atoms with Crippen molar-refractivity contribution in [1.82, 2.24) is 9.97 Å². The van der Waals surface area contributed by atoms with Crippen LogP contribution in [0.25, 0.3) is 0 Å². The van der Waals surface area contributed by atoms with Crippen molar-refractivity contribution in [3.05, 3.63) is 22.2 Å². The topological polar surface area (TPSA) is 28.7 Å². The van der Waals surface area contributed by atoms with E-state index in [0.29, 0.717) is 11.3 Å². The summed E-state index contributed by atoms with van der Waals surface area (Å²) in [5.74, 6) is 1.70. The highest BCUT2D eigenvalue weighted by Crippen LogP contribution is 2.41. The van der Waals surface area contributed by atoms with E-state index in [1.165, 1.54) is 31.4 Å². The van der Waals surface area contributed by atoms with Gasteiger partial charge in [0, 0.05) is 11.6 Å². The van der Waals surface area contributed by atoms with Gasteiger partial charge in [0.25, 0.3) is 0 Å². The Hall–Kier alpha value is -0.700. The van der Waals surface area contributed by atoms with Crippen LogP contribution in [-0.4, -0.2) is 9.97 Å². The third-order valence-corrected chi connectivity index (χ3v) is 4.13. The van der Waals surface area contributed by atoms with Gasteiger partial charge >= 0.3 is 0 Å². The first-order valence-corrected chi connectivity index (χ1v) is 7.01. The normalized spacial score (nSPS) is 20.4. The zero-order valence-corrected chi connectivity index (χ0v) is 11.9. The summed E-state index contributed by atoms with van der Waals surface area (Å²) in [5, 5.41) is 0. The Kier molecular flexibility index (Phi) is 3.67. The molecule has 0 aliphatic heterocycles. The van der Waals surface area contributed by atoms with Crippen LogP contribution >= 0.6 is 12.2 Å². The molecule has 0 spiro atoms. The molecule has 0 amide bonds. The van der Waals surface area contributed by atoms with Gasteiger partial charge < -0.3 is 4.98 Å². The predicted molar refractivity (Wildman–Crippen MR) is 73.8 cm³/mol. The number of aromatic amines is 1. The maximum Gasteiger partial charge on any atom is 0.129 e. The van der Waals surface area contributed by atoms with Gasteiger partial charge in [-0.1, -0.05) is 33.0 Å². The molecule has 3 heteroatoms. The summed E-state index contributed by atoms with van der Waals surface area (Å²) in [6.45, 7) is 6.87. The fourth-order valence-corrected chi connectivity index (χ4v) is 2.83. The SMILES string of the molecule is CCc1cc(=S)nc(C2CCC(C)(C)CC2)[nH]1. The van der Waals surface area contributed by atoms with Crippen LogP contribution in [0.4, 0.5) is 0 Å². The molecule has 0 unspecified atom stereocenters. The molecule has 0 aromatic carbocycles. The summed E-state index contributed by atoms with van der Waals surface area (Å²) in [5.41, 5.74) is 1.72. The van der Waals surface area contributed by atoms with Crippen molar-refractivity contribution >= 4 is 12.2 Å². The standard InChI is InChI=1S/C14H22N2S/c1-4-11-9-12(17)16-13(15-11)10-5-7-14(2,3)8-6-10/h9-10H,4-8H2,1-3H3,(H,15,16,17). The Labute approximate surface area is 109 Å². The quantitative estimate of drug-likeness (QED) is 0.789. The van der Waals surface area contributed by atoms with Gasteiger partial charge in [-0.3, -0.25) is 0 Å². The second-order valence-electron chi connectivity index (χ2n) is 5.92. The van der Waals surface area contributed by atoms with Crippen molar-refractivity contribution in [2.24, 2.45) is 5.41 Å². The zero-order valence-electron chi connectivity index (χ0n) is 11.0. The summed E-state index contributed by atoms with van der Waals surface area (Å²) in [4.78, 5) is 7.97. The number of hydrogen-bond acceptors (Lipinski definition) is 2. The van der Waals surface area contributed by atoms with Crippen LogP contribution in [-0.2, 0) is 6.42 Å². The second kappa shape index (κ2) is 4.89. The molecule has 0 radical (unpaired) electrons. The van der Waals surface area contributed by atoms with Gasteiger partial charge in [0.1, 0.15) is 10.5 Å². The average molecular weight is 250 g/mol. The monoisotopic (exact) mass is 250 g/mol. The number of nitrogens with one attached hydrogen (secondary N) is 1. The Morgan fingerprint density at radius 1 is 1.41 bits per heavy atom. The first-order chi connectivity index (χ1) is 8.00. The van der Waals surface area contributed by atoms with Crippen LogP contribution in [0.5, 0.6) is 0 Å². The van der Waals surface area contributed by atoms with E-state index >= 15 is 0 Å². The third kappa shape index (κ3) is 3.15. The number of rotatable bonds is 2. The fourth-order valence-electron chi connectivity index (χ4n) is 2.59. The molecule has 17 heavy (non-hydrogen) atoms. The van der Waals surface area contributed by atoms with E-state index in [-0.39, 0.29) is 0 Å². The lowest BCUT2D eigenvalue weighted by Gasteiger charge is -2.33. The van der Waals surface area contributed by atoms with E-state index in [1.807, 2.05) is 6.07 Å². The zero-order chi connectivity index (χ0) is 12.5. The molecule has 1 aromatic heterocycles. The minimum absolute atomic E-state index is 0.510. The van der Waals surface area contributed by atoms with Crippen molar-refractivity contribution in [2.75, 3.05) is 0 Å². The minimum atomic E-state index is 0.510. The van der Waals surface area contributed by atoms with E-state index in [2.05, 4.69) is 30.7 Å². The Bertz CT molecular complexity index is 438. The van der Waals surface area contributed by atoms with Gasteiger partial charge in [0.2, 0.25) is 0 Å². The molecular formula is C14H22N2S. The van der Waals surface area contributed by atoms with Crippen molar-refractivity contribution in [3.8, 4) is 0 Å². The lowest BCUT2D eigenvalue weighted by Crippen LogP contribution is -2.21. The molecule has 0 atom stereocenters. The summed E-state index contributed by atoms with van der Waals surface area (Å²) in [7, 11) is 0. The van der Waals surface area contributed by atoms with E-state index in [1.54, 1.807) is 0 Å². The van der Waals surface area contributed by atoms with Crippen LogP contribution in [0.3, 0.4) is 0 Å². The summed E-state index contributed by atoms with van der Waals surface area (Å²) in [6.07, 6.45) is 6.04. The first kappa shape index (κ1) is 12.7. The van der Waals surface area contributed by atoms with Gasteiger partial charge in [-0.15, -0.1) is 0 Å². The molecule has 1 aromatic rings. The highest BCUT2D eigenvalue weighted by atomic mass is 32.1. The van der Waals surface area contributed by atoms with Crippen molar-refractivity contribution in [3.63, 3.8) is 0 Å². The molecule has 1 aliphatic carbocycles. The van der Waals surface area contributed by atoms with Crippen LogP contribution in [0, 0.1) is 10.1 Å². The number of aryl methyl sites for hydroxylation is 1. The highest BCUT2D eigenvalue weighted by Gasteiger charge is 2.28. The van der Waals surface area contributed by atoms with E-state index in [0.717, 1.165) is 16.9 Å². The van der Waals surface area contributed by atoms with Crippen molar-refractivity contribution in [2.45, 2.75) is 58.8 Å². The van der Waals surface area contributed by atoms with E-state index < -0.39 is 0 Å². The molecule has 1 heterocycles. The summed E-state index contributed by atoms with van der Waals surface area (Å²) in [6, 6.07) is 1.98. The summed E-state index contributed by atoms with van der Waals surface area (Å²) < 4.78 is 0.737. The molecule has 2 nitrogen and oxygen atoms in total. The van der Waals surface area contributed by atoms with E-state index in [9.17, 15) is 0 Å². The molecule has 1 N–H and O–H groups in total. The van der Waals surface area contributed by atoms with E-state index in [4.69, 9.17) is 12.2 Å². The van der Waals surface area contributed by atoms with Gasteiger partial charge in [-0.2, -0.15) is 0 Å². The minimum Gasteiger partial charge on any atom is -0.347 e. The van der Waals surface area contributed by atoms with Crippen LogP contribution in [0.2, 0.25) is 0 Å². The third-order valence-electron chi connectivity index (χ3n) is 3.92. The lowest BCUT2D eigenvalue weighted by atomic mass is 9.73. The van der Waals surface area contributed by atoms with Gasteiger partial charge in [0.05, 0.1) is 0 Å². The Balaban J connectivity index is 2.18. The lowest BCUT2D eigenvalue weighted by molar-refractivity contribution is 0.220. The van der Waals surface area contributed by atoms with Gasteiger partial charge in [-0.05, 0) is 43.6 Å². The molecule has 94 valence electrons. The molecule has 0 saturated heterocycles. The number of H-pyrrole nitrogens is 1. The molecule has 0 bridgehead atoms. The smallest absolute Gasteiger partial charge is 0.129 e. The Morgan fingerprint density at radius 3 is 2.65 bits per heavy atom. The van der Waals surface area contributed by atoms with Crippen LogP contribution < -0.4 is 0 Å².